The molecule has 0 aromatic carbocycles. The van der Waals surface area contributed by atoms with Gasteiger partial charge in [0.2, 0.25) is 0 Å². The first kappa shape index (κ1) is 14.2. The summed E-state index contributed by atoms with van der Waals surface area (Å²) in [6.07, 6.45) is -4.70. The first-order valence-electron chi connectivity index (χ1n) is 4.76. The molecule has 1 amide bonds. The topological polar surface area (TPSA) is 92.5 Å². The average molecular weight is 275 g/mol. The van der Waals surface area contributed by atoms with Gasteiger partial charge in [-0.3, -0.25) is 4.79 Å². The highest BCUT2D eigenvalue weighted by molar-refractivity contribution is 7.86. The second-order valence-corrected chi connectivity index (χ2v) is 5.24. The van der Waals surface area contributed by atoms with E-state index in [0.717, 1.165) is 4.31 Å². The predicted molar refractivity (Wildman–Crippen MR) is 51.9 cm³/mol. The van der Waals surface area contributed by atoms with Gasteiger partial charge in [0.25, 0.3) is 10.2 Å². The Hall–Kier alpha value is -0.870. The minimum atomic E-state index is -4.92. The van der Waals surface area contributed by atoms with Gasteiger partial charge in [-0.15, -0.1) is 0 Å². The number of amides is 1. The van der Waals surface area contributed by atoms with Crippen molar-refractivity contribution in [3.8, 4) is 0 Å². The molecule has 0 aromatic rings. The van der Waals surface area contributed by atoms with Crippen LogP contribution in [0.3, 0.4) is 0 Å². The summed E-state index contributed by atoms with van der Waals surface area (Å²) >= 11 is 0. The quantitative estimate of drug-likeness (QED) is 0.700. The molecule has 0 unspecified atom stereocenters. The Morgan fingerprint density at radius 3 is 2.12 bits per heavy atom. The lowest BCUT2D eigenvalue weighted by Crippen LogP contribution is -2.50. The Kier molecular flexibility index (Phi) is 3.99. The van der Waals surface area contributed by atoms with E-state index < -0.39 is 28.3 Å². The third kappa shape index (κ3) is 4.13. The van der Waals surface area contributed by atoms with Crippen LogP contribution < -0.4 is 10.5 Å². The van der Waals surface area contributed by atoms with E-state index in [4.69, 9.17) is 5.14 Å². The number of piperidine rings is 1. The number of carbonyl (C=O) groups excluding carboxylic acids is 1. The molecule has 0 aromatic heterocycles. The van der Waals surface area contributed by atoms with E-state index in [0.29, 0.717) is 0 Å². The number of carbonyl (C=O) groups is 1. The van der Waals surface area contributed by atoms with Crippen molar-refractivity contribution >= 4 is 16.1 Å². The zero-order chi connectivity index (χ0) is 13.3. The van der Waals surface area contributed by atoms with Crippen molar-refractivity contribution in [1.82, 2.24) is 9.62 Å². The first-order chi connectivity index (χ1) is 7.60. The van der Waals surface area contributed by atoms with Crippen molar-refractivity contribution in [3.05, 3.63) is 0 Å². The van der Waals surface area contributed by atoms with Crippen molar-refractivity contribution in [1.29, 1.82) is 0 Å². The van der Waals surface area contributed by atoms with Gasteiger partial charge in [-0.1, -0.05) is 0 Å². The third-order valence-corrected chi connectivity index (χ3v) is 3.49. The van der Waals surface area contributed by atoms with Crippen LogP contribution in [-0.2, 0) is 15.0 Å². The van der Waals surface area contributed by atoms with Gasteiger partial charge in [-0.2, -0.15) is 25.9 Å². The maximum Gasteiger partial charge on any atom is 0.471 e. The fourth-order valence-electron chi connectivity index (χ4n) is 1.52. The summed E-state index contributed by atoms with van der Waals surface area (Å²) in [5.41, 5.74) is 0. The molecule has 100 valence electrons. The molecule has 3 N–H and O–H groups in total. The molecule has 0 saturated carbocycles. The molecule has 6 nitrogen and oxygen atoms in total. The maximum absolute atomic E-state index is 11.9. The summed E-state index contributed by atoms with van der Waals surface area (Å²) in [6.45, 7) is 0.00325. The lowest BCUT2D eigenvalue weighted by molar-refractivity contribution is -0.174. The summed E-state index contributed by atoms with van der Waals surface area (Å²) < 4.78 is 58.6. The van der Waals surface area contributed by atoms with Crippen molar-refractivity contribution < 1.29 is 26.4 Å². The average Bonchev–Trinajstić information content (AvgIpc) is 2.15. The lowest BCUT2D eigenvalue weighted by atomic mass is 10.1. The van der Waals surface area contributed by atoms with Crippen LogP contribution in [0.25, 0.3) is 0 Å². The fourth-order valence-corrected chi connectivity index (χ4v) is 2.24. The molecule has 0 aliphatic carbocycles. The molecular weight excluding hydrogens is 263 g/mol. The van der Waals surface area contributed by atoms with Crippen LogP contribution in [0.1, 0.15) is 12.8 Å². The monoisotopic (exact) mass is 275 g/mol. The first-order valence-corrected chi connectivity index (χ1v) is 6.26. The molecule has 1 aliphatic heterocycles. The SMILES string of the molecule is NS(=O)(=O)N1CCC(NC(=O)C(F)(F)F)CC1. The molecule has 17 heavy (non-hydrogen) atoms. The van der Waals surface area contributed by atoms with Gasteiger partial charge in [0.05, 0.1) is 0 Å². The fraction of sp³-hybridized carbons (Fsp3) is 0.857. The van der Waals surface area contributed by atoms with Crippen LogP contribution in [0.15, 0.2) is 0 Å². The summed E-state index contributed by atoms with van der Waals surface area (Å²) in [5.74, 6) is -2.01. The standard InChI is InChI=1S/C7H12F3N3O3S/c8-7(9,10)6(14)12-5-1-3-13(4-2-5)17(11,15)16/h5H,1-4H2,(H,12,14)(H2,11,15,16). The van der Waals surface area contributed by atoms with Crippen molar-refractivity contribution in [2.75, 3.05) is 13.1 Å². The Morgan fingerprint density at radius 2 is 1.76 bits per heavy atom. The molecule has 1 saturated heterocycles. The van der Waals surface area contributed by atoms with E-state index in [1.165, 1.54) is 0 Å². The minimum absolute atomic E-state index is 0.00162. The number of alkyl halides is 3. The minimum Gasteiger partial charge on any atom is -0.345 e. The number of halogens is 3. The van der Waals surface area contributed by atoms with Gasteiger partial charge in [0.1, 0.15) is 0 Å². The second kappa shape index (κ2) is 4.78. The number of nitrogens with two attached hydrogens (primary N) is 1. The summed E-state index contributed by atoms with van der Waals surface area (Å²) in [7, 11) is -3.81. The zero-order valence-corrected chi connectivity index (χ0v) is 9.51. The van der Waals surface area contributed by atoms with Crippen LogP contribution in [0.5, 0.6) is 0 Å². The molecular formula is C7H12F3N3O3S. The van der Waals surface area contributed by atoms with Gasteiger partial charge in [-0.05, 0) is 12.8 Å². The maximum atomic E-state index is 11.9. The van der Waals surface area contributed by atoms with E-state index in [9.17, 15) is 26.4 Å². The van der Waals surface area contributed by atoms with Crippen LogP contribution in [0.4, 0.5) is 13.2 Å². The zero-order valence-electron chi connectivity index (χ0n) is 8.70. The van der Waals surface area contributed by atoms with E-state index in [1.54, 1.807) is 5.32 Å². The highest BCUT2D eigenvalue weighted by Crippen LogP contribution is 2.17. The number of hydrogen-bond acceptors (Lipinski definition) is 3. The van der Waals surface area contributed by atoms with Crippen molar-refractivity contribution in [3.63, 3.8) is 0 Å². The highest BCUT2D eigenvalue weighted by atomic mass is 32.2. The van der Waals surface area contributed by atoms with Crippen molar-refractivity contribution in [2.24, 2.45) is 5.14 Å². The molecule has 0 spiro atoms. The molecule has 1 rings (SSSR count). The van der Waals surface area contributed by atoms with E-state index >= 15 is 0 Å². The summed E-state index contributed by atoms with van der Waals surface area (Å²) in [5, 5.41) is 6.66. The smallest absolute Gasteiger partial charge is 0.345 e. The van der Waals surface area contributed by atoms with E-state index in [1.807, 2.05) is 0 Å². The predicted octanol–water partition coefficient (Wildman–Crippen LogP) is -0.667. The second-order valence-electron chi connectivity index (χ2n) is 3.69. The molecule has 1 heterocycles. The molecule has 1 fully saturated rings. The number of hydrogen-bond donors (Lipinski definition) is 2. The molecule has 0 radical (unpaired) electrons. The summed E-state index contributed by atoms with van der Waals surface area (Å²) in [6, 6.07) is -0.679. The Bertz CT molecular complexity index is 387. The molecule has 0 atom stereocenters. The molecule has 10 heteroatoms. The number of nitrogens with zero attached hydrogens (tertiary/aromatic N) is 1. The molecule has 1 aliphatic rings. The largest absolute Gasteiger partial charge is 0.471 e. The Balaban J connectivity index is 2.46. The van der Waals surface area contributed by atoms with Crippen LogP contribution >= 0.6 is 0 Å². The number of nitrogens with one attached hydrogen (secondary N) is 1. The number of rotatable bonds is 2. The molecule has 0 bridgehead atoms. The summed E-state index contributed by atoms with van der Waals surface area (Å²) in [4.78, 5) is 10.6. The van der Waals surface area contributed by atoms with E-state index in [2.05, 4.69) is 0 Å². The van der Waals surface area contributed by atoms with Gasteiger partial charge in [0.15, 0.2) is 0 Å². The lowest BCUT2D eigenvalue weighted by Gasteiger charge is -2.30. The Morgan fingerprint density at radius 1 is 1.29 bits per heavy atom. The van der Waals surface area contributed by atoms with Crippen molar-refractivity contribution in [2.45, 2.75) is 25.1 Å². The van der Waals surface area contributed by atoms with Crippen LogP contribution in [-0.4, -0.2) is 43.9 Å². The van der Waals surface area contributed by atoms with Crippen LogP contribution in [0.2, 0.25) is 0 Å². The highest BCUT2D eigenvalue weighted by Gasteiger charge is 2.40. The van der Waals surface area contributed by atoms with Crippen LogP contribution in [0, 0.1) is 0 Å². The van der Waals surface area contributed by atoms with E-state index in [-0.39, 0.29) is 25.9 Å². The van der Waals surface area contributed by atoms with Gasteiger partial charge in [-0.25, -0.2) is 5.14 Å². The van der Waals surface area contributed by atoms with Gasteiger partial charge in [0, 0.05) is 19.1 Å². The third-order valence-electron chi connectivity index (χ3n) is 2.41. The Labute approximate surface area is 96.1 Å². The van der Waals surface area contributed by atoms with Gasteiger partial charge < -0.3 is 5.32 Å². The normalized spacial score (nSPS) is 20.2. The van der Waals surface area contributed by atoms with Gasteiger partial charge >= 0.3 is 12.1 Å².